The lowest BCUT2D eigenvalue weighted by Crippen LogP contribution is -2.37. The summed E-state index contributed by atoms with van der Waals surface area (Å²) in [6.45, 7) is 6.20. The average molecular weight is 199 g/mol. The lowest BCUT2D eigenvalue weighted by Gasteiger charge is -2.29. The van der Waals surface area contributed by atoms with E-state index in [1.165, 1.54) is 32.1 Å². The average Bonchev–Trinajstić information content (AvgIpc) is 2.17. The van der Waals surface area contributed by atoms with Gasteiger partial charge in [-0.3, -0.25) is 0 Å². The summed E-state index contributed by atoms with van der Waals surface area (Å²) in [5.41, 5.74) is -0.00774. The lowest BCUT2D eigenvalue weighted by atomic mass is 9.90. The molecule has 2 heteroatoms. The van der Waals surface area contributed by atoms with E-state index in [-0.39, 0.29) is 5.60 Å². The molecule has 0 aromatic rings. The normalized spacial score (nSPS) is 19.9. The third kappa shape index (κ3) is 4.43. The fourth-order valence-electron chi connectivity index (χ4n) is 2.17. The predicted molar refractivity (Wildman–Crippen MR) is 60.5 cm³/mol. The molecule has 1 fully saturated rings. The Morgan fingerprint density at radius 2 is 1.86 bits per heavy atom. The monoisotopic (exact) mass is 199 g/mol. The smallest absolute Gasteiger partial charge is 0.0750 e. The second kappa shape index (κ2) is 5.72. The summed E-state index contributed by atoms with van der Waals surface area (Å²) < 4.78 is 5.95. The maximum absolute atomic E-state index is 5.95. The fraction of sp³-hybridized carbons (Fsp3) is 1.00. The summed E-state index contributed by atoms with van der Waals surface area (Å²) in [6.07, 6.45) is 6.97. The molecule has 14 heavy (non-hydrogen) atoms. The molecule has 0 bridgehead atoms. The van der Waals surface area contributed by atoms with E-state index in [1.54, 1.807) is 0 Å². The van der Waals surface area contributed by atoms with Gasteiger partial charge >= 0.3 is 0 Å². The minimum atomic E-state index is -0.00774. The van der Waals surface area contributed by atoms with Crippen LogP contribution in [0.1, 0.15) is 46.0 Å². The Morgan fingerprint density at radius 1 is 1.21 bits per heavy atom. The SMILES string of the molecule is CNCC(C)(C)OCC1CCCCC1. The molecule has 0 unspecified atom stereocenters. The van der Waals surface area contributed by atoms with Crippen molar-refractivity contribution in [3.63, 3.8) is 0 Å². The van der Waals surface area contributed by atoms with E-state index in [0.717, 1.165) is 19.1 Å². The molecular weight excluding hydrogens is 174 g/mol. The molecule has 1 saturated carbocycles. The van der Waals surface area contributed by atoms with Gasteiger partial charge in [0.25, 0.3) is 0 Å². The highest BCUT2D eigenvalue weighted by Crippen LogP contribution is 2.25. The predicted octanol–water partition coefficient (Wildman–Crippen LogP) is 2.58. The van der Waals surface area contributed by atoms with E-state index in [4.69, 9.17) is 4.74 Å². The summed E-state index contributed by atoms with van der Waals surface area (Å²) in [7, 11) is 1.98. The number of nitrogens with one attached hydrogen (secondary N) is 1. The number of rotatable bonds is 5. The second-order valence-electron chi connectivity index (χ2n) is 5.11. The van der Waals surface area contributed by atoms with Crippen LogP contribution in [-0.2, 0) is 4.74 Å². The fourth-order valence-corrected chi connectivity index (χ4v) is 2.17. The highest BCUT2D eigenvalue weighted by molar-refractivity contribution is 4.73. The van der Waals surface area contributed by atoms with Crippen molar-refractivity contribution in [3.8, 4) is 0 Å². The van der Waals surface area contributed by atoms with Crippen molar-refractivity contribution in [2.75, 3.05) is 20.2 Å². The Hall–Kier alpha value is -0.0800. The van der Waals surface area contributed by atoms with Crippen LogP contribution in [0.3, 0.4) is 0 Å². The van der Waals surface area contributed by atoms with Crippen LogP contribution in [0, 0.1) is 5.92 Å². The highest BCUT2D eigenvalue weighted by atomic mass is 16.5. The van der Waals surface area contributed by atoms with Crippen molar-refractivity contribution < 1.29 is 4.74 Å². The summed E-state index contributed by atoms with van der Waals surface area (Å²) in [5.74, 6) is 0.819. The molecule has 0 aromatic heterocycles. The molecule has 2 nitrogen and oxygen atoms in total. The van der Waals surface area contributed by atoms with Gasteiger partial charge in [-0.05, 0) is 39.7 Å². The Bertz CT molecular complexity index is 150. The van der Waals surface area contributed by atoms with Crippen LogP contribution in [0.4, 0.5) is 0 Å². The number of ether oxygens (including phenoxy) is 1. The number of hydrogen-bond donors (Lipinski definition) is 1. The molecule has 0 radical (unpaired) electrons. The van der Waals surface area contributed by atoms with Gasteiger partial charge in [-0.2, -0.15) is 0 Å². The van der Waals surface area contributed by atoms with Crippen molar-refractivity contribution in [2.24, 2.45) is 5.92 Å². The molecule has 0 amide bonds. The molecule has 0 aliphatic heterocycles. The van der Waals surface area contributed by atoms with Gasteiger partial charge in [0.15, 0.2) is 0 Å². The zero-order valence-electron chi connectivity index (χ0n) is 9.94. The van der Waals surface area contributed by atoms with E-state index in [1.807, 2.05) is 7.05 Å². The van der Waals surface area contributed by atoms with Gasteiger partial charge in [0.05, 0.1) is 12.2 Å². The van der Waals surface area contributed by atoms with E-state index in [2.05, 4.69) is 19.2 Å². The van der Waals surface area contributed by atoms with Crippen LogP contribution in [0.15, 0.2) is 0 Å². The molecule has 0 spiro atoms. The Labute approximate surface area is 88.4 Å². The van der Waals surface area contributed by atoms with Crippen LogP contribution in [-0.4, -0.2) is 25.8 Å². The molecule has 1 aliphatic carbocycles. The topological polar surface area (TPSA) is 21.3 Å². The molecule has 1 rings (SSSR count). The van der Waals surface area contributed by atoms with Crippen LogP contribution in [0.5, 0.6) is 0 Å². The Balaban J connectivity index is 2.17. The molecule has 84 valence electrons. The van der Waals surface area contributed by atoms with Gasteiger partial charge in [-0.25, -0.2) is 0 Å². The van der Waals surface area contributed by atoms with Crippen molar-refractivity contribution >= 4 is 0 Å². The first-order valence-electron chi connectivity index (χ1n) is 5.92. The summed E-state index contributed by atoms with van der Waals surface area (Å²) in [6, 6.07) is 0. The van der Waals surface area contributed by atoms with Crippen molar-refractivity contribution in [1.29, 1.82) is 0 Å². The first-order chi connectivity index (χ1) is 6.64. The van der Waals surface area contributed by atoms with Crippen molar-refractivity contribution in [3.05, 3.63) is 0 Å². The van der Waals surface area contributed by atoms with Crippen molar-refractivity contribution in [1.82, 2.24) is 5.32 Å². The van der Waals surface area contributed by atoms with Crippen LogP contribution >= 0.6 is 0 Å². The first-order valence-corrected chi connectivity index (χ1v) is 5.92. The van der Waals surface area contributed by atoms with Crippen LogP contribution in [0.2, 0.25) is 0 Å². The Kier molecular flexibility index (Phi) is 4.90. The number of likely N-dealkylation sites (N-methyl/N-ethyl adjacent to an activating group) is 1. The summed E-state index contributed by atoms with van der Waals surface area (Å²) in [5, 5.41) is 3.17. The quantitative estimate of drug-likeness (QED) is 0.735. The van der Waals surface area contributed by atoms with E-state index in [9.17, 15) is 0 Å². The zero-order chi connectivity index (χ0) is 10.4. The van der Waals surface area contributed by atoms with Gasteiger partial charge in [0.1, 0.15) is 0 Å². The summed E-state index contributed by atoms with van der Waals surface area (Å²) in [4.78, 5) is 0. The van der Waals surface area contributed by atoms with E-state index < -0.39 is 0 Å². The molecule has 0 heterocycles. The molecule has 1 N–H and O–H groups in total. The van der Waals surface area contributed by atoms with Gasteiger partial charge in [0, 0.05) is 6.54 Å². The molecule has 0 aromatic carbocycles. The van der Waals surface area contributed by atoms with E-state index >= 15 is 0 Å². The third-order valence-corrected chi connectivity index (χ3v) is 3.04. The van der Waals surface area contributed by atoms with Gasteiger partial charge in [0.2, 0.25) is 0 Å². The maximum atomic E-state index is 5.95. The van der Waals surface area contributed by atoms with Gasteiger partial charge < -0.3 is 10.1 Å². The first kappa shape index (κ1) is 12.0. The minimum Gasteiger partial charge on any atom is -0.374 e. The zero-order valence-corrected chi connectivity index (χ0v) is 9.94. The standard InChI is InChI=1S/C12H25NO/c1-12(2,10-13-3)14-9-11-7-5-4-6-8-11/h11,13H,4-10H2,1-3H3. The second-order valence-corrected chi connectivity index (χ2v) is 5.11. The largest absolute Gasteiger partial charge is 0.374 e. The highest BCUT2D eigenvalue weighted by Gasteiger charge is 2.20. The molecule has 0 saturated heterocycles. The van der Waals surface area contributed by atoms with Gasteiger partial charge in [-0.1, -0.05) is 19.3 Å². The summed E-state index contributed by atoms with van der Waals surface area (Å²) >= 11 is 0. The van der Waals surface area contributed by atoms with Crippen molar-refractivity contribution in [2.45, 2.75) is 51.6 Å². The minimum absolute atomic E-state index is 0.00774. The van der Waals surface area contributed by atoms with Gasteiger partial charge in [-0.15, -0.1) is 0 Å². The Morgan fingerprint density at radius 3 is 2.43 bits per heavy atom. The molecule has 0 atom stereocenters. The maximum Gasteiger partial charge on any atom is 0.0750 e. The van der Waals surface area contributed by atoms with Crippen LogP contribution < -0.4 is 5.32 Å². The van der Waals surface area contributed by atoms with Crippen LogP contribution in [0.25, 0.3) is 0 Å². The molecular formula is C12H25NO. The number of hydrogen-bond acceptors (Lipinski definition) is 2. The van der Waals surface area contributed by atoms with E-state index in [0.29, 0.717) is 0 Å². The molecule has 1 aliphatic rings. The third-order valence-electron chi connectivity index (χ3n) is 3.04. The lowest BCUT2D eigenvalue weighted by molar-refractivity contribution is -0.0381.